The van der Waals surface area contributed by atoms with Gasteiger partial charge in [-0.15, -0.1) is 0 Å². The highest BCUT2D eigenvalue weighted by atomic mass is 32.2. The Balaban J connectivity index is 1.73. The van der Waals surface area contributed by atoms with Crippen LogP contribution in [0.25, 0.3) is 11.3 Å². The monoisotopic (exact) mass is 475 g/mol. The molecule has 0 bridgehead atoms. The van der Waals surface area contributed by atoms with Crippen molar-refractivity contribution in [2.45, 2.75) is 18.4 Å². The maximum absolute atomic E-state index is 13.2. The van der Waals surface area contributed by atoms with Crippen LogP contribution in [0.2, 0.25) is 0 Å². The van der Waals surface area contributed by atoms with Crippen molar-refractivity contribution in [3.63, 3.8) is 0 Å². The maximum Gasteiger partial charge on any atom is 0.257 e. The van der Waals surface area contributed by atoms with Crippen molar-refractivity contribution in [3.05, 3.63) is 95.9 Å². The van der Waals surface area contributed by atoms with Gasteiger partial charge in [0.25, 0.3) is 5.91 Å². The number of nitrogens with one attached hydrogen (secondary N) is 1. The number of anilines is 1. The van der Waals surface area contributed by atoms with Gasteiger partial charge in [-0.05, 0) is 61.0 Å². The third kappa shape index (κ3) is 4.87. The Kier molecular flexibility index (Phi) is 6.51. The molecular weight excluding hydrogens is 450 g/mol. The van der Waals surface area contributed by atoms with Crippen LogP contribution in [-0.4, -0.2) is 37.2 Å². The number of ether oxygens (including phenoxy) is 1. The molecule has 0 atom stereocenters. The minimum atomic E-state index is -3.31. The first-order valence-electron chi connectivity index (χ1n) is 10.6. The Bertz CT molecular complexity index is 1430. The number of aromatic nitrogens is 2. The van der Waals surface area contributed by atoms with Crippen molar-refractivity contribution in [2.75, 3.05) is 18.7 Å². The van der Waals surface area contributed by atoms with Crippen LogP contribution >= 0.6 is 0 Å². The third-order valence-corrected chi connectivity index (χ3v) is 6.67. The van der Waals surface area contributed by atoms with Crippen LogP contribution in [0.15, 0.2) is 84.0 Å². The highest BCUT2D eigenvalue weighted by Gasteiger charge is 2.22. The summed E-state index contributed by atoms with van der Waals surface area (Å²) in [6.07, 6.45) is 4.70. The number of amides is 1. The van der Waals surface area contributed by atoms with E-state index < -0.39 is 9.84 Å². The van der Waals surface area contributed by atoms with Gasteiger partial charge in [-0.3, -0.25) is 9.78 Å². The second-order valence-electron chi connectivity index (χ2n) is 7.92. The zero-order valence-electron chi connectivity index (χ0n) is 19.1. The first-order valence-corrected chi connectivity index (χ1v) is 12.5. The Morgan fingerprint density at radius 3 is 2.38 bits per heavy atom. The standard InChI is InChI=1S/C26H25N3O4S/c1-18-23(26(30)28-19-11-13-21(14-12-19)34(3,31)32)17-29(16-20-8-6-7-15-27-20)25(18)22-9-4-5-10-24(22)33-2/h4-15,17H,16H2,1-3H3,(H,28,30). The van der Waals surface area contributed by atoms with Gasteiger partial charge in [0.2, 0.25) is 0 Å². The number of sulfone groups is 1. The Labute approximate surface area is 199 Å². The van der Waals surface area contributed by atoms with Crippen LogP contribution < -0.4 is 10.1 Å². The molecule has 0 unspecified atom stereocenters. The predicted octanol–water partition coefficient (Wildman–Crippen LogP) is 4.57. The van der Waals surface area contributed by atoms with Crippen LogP contribution in [-0.2, 0) is 16.4 Å². The van der Waals surface area contributed by atoms with Crippen LogP contribution in [0.5, 0.6) is 5.75 Å². The molecule has 0 radical (unpaired) electrons. The number of hydrogen-bond donors (Lipinski definition) is 1. The van der Waals surface area contributed by atoms with Gasteiger partial charge in [-0.1, -0.05) is 18.2 Å². The highest BCUT2D eigenvalue weighted by molar-refractivity contribution is 7.90. The third-order valence-electron chi connectivity index (χ3n) is 5.54. The summed E-state index contributed by atoms with van der Waals surface area (Å²) in [7, 11) is -1.69. The van der Waals surface area contributed by atoms with E-state index in [1.807, 2.05) is 60.2 Å². The molecule has 2 heterocycles. The summed E-state index contributed by atoms with van der Waals surface area (Å²) in [5.74, 6) is 0.412. The minimum Gasteiger partial charge on any atom is -0.496 e. The summed E-state index contributed by atoms with van der Waals surface area (Å²) >= 11 is 0. The molecule has 1 N–H and O–H groups in total. The van der Waals surface area contributed by atoms with Gasteiger partial charge < -0.3 is 14.6 Å². The van der Waals surface area contributed by atoms with E-state index >= 15 is 0 Å². The van der Waals surface area contributed by atoms with Gasteiger partial charge >= 0.3 is 0 Å². The van der Waals surface area contributed by atoms with Crippen molar-refractivity contribution in [1.82, 2.24) is 9.55 Å². The summed E-state index contributed by atoms with van der Waals surface area (Å²) in [5, 5.41) is 2.87. The zero-order valence-corrected chi connectivity index (χ0v) is 20.0. The summed E-state index contributed by atoms with van der Waals surface area (Å²) in [4.78, 5) is 17.9. The first kappa shape index (κ1) is 23.3. The fraction of sp³-hybridized carbons (Fsp3) is 0.154. The molecule has 0 aliphatic heterocycles. The molecule has 0 saturated heterocycles. The molecule has 4 aromatic rings. The molecule has 0 aliphatic rings. The first-order chi connectivity index (χ1) is 16.3. The highest BCUT2D eigenvalue weighted by Crippen LogP contribution is 2.35. The topological polar surface area (TPSA) is 90.3 Å². The molecular formula is C26H25N3O4S. The van der Waals surface area contributed by atoms with Crippen LogP contribution in [0.1, 0.15) is 21.6 Å². The summed E-state index contributed by atoms with van der Waals surface area (Å²) in [6.45, 7) is 2.38. The summed E-state index contributed by atoms with van der Waals surface area (Å²) in [5.41, 5.74) is 4.40. The van der Waals surface area contributed by atoms with E-state index in [9.17, 15) is 13.2 Å². The number of methoxy groups -OCH3 is 1. The second-order valence-corrected chi connectivity index (χ2v) is 9.93. The predicted molar refractivity (Wildman–Crippen MR) is 132 cm³/mol. The SMILES string of the molecule is COc1ccccc1-c1c(C)c(C(=O)Nc2ccc(S(C)(=O)=O)cc2)cn1Cc1ccccn1. The fourth-order valence-corrected chi connectivity index (χ4v) is 4.49. The lowest BCUT2D eigenvalue weighted by molar-refractivity contribution is 0.102. The Morgan fingerprint density at radius 2 is 1.74 bits per heavy atom. The largest absolute Gasteiger partial charge is 0.496 e. The van der Waals surface area contributed by atoms with Crippen LogP contribution in [0.4, 0.5) is 5.69 Å². The van der Waals surface area contributed by atoms with Gasteiger partial charge in [-0.2, -0.15) is 0 Å². The number of pyridine rings is 1. The fourth-order valence-electron chi connectivity index (χ4n) is 3.86. The molecule has 2 aromatic heterocycles. The molecule has 0 spiro atoms. The quantitative estimate of drug-likeness (QED) is 0.423. The van der Waals surface area contributed by atoms with Crippen molar-refractivity contribution >= 4 is 21.4 Å². The van der Waals surface area contributed by atoms with E-state index in [0.29, 0.717) is 23.5 Å². The van der Waals surface area contributed by atoms with Crippen molar-refractivity contribution in [1.29, 1.82) is 0 Å². The molecule has 174 valence electrons. The smallest absolute Gasteiger partial charge is 0.257 e. The van der Waals surface area contributed by atoms with E-state index in [1.54, 1.807) is 25.4 Å². The number of benzene rings is 2. The lowest BCUT2D eigenvalue weighted by Crippen LogP contribution is -2.12. The van der Waals surface area contributed by atoms with E-state index in [0.717, 1.165) is 28.8 Å². The average Bonchev–Trinajstić information content (AvgIpc) is 3.15. The lowest BCUT2D eigenvalue weighted by Gasteiger charge is -2.13. The Morgan fingerprint density at radius 1 is 1.03 bits per heavy atom. The van der Waals surface area contributed by atoms with Gasteiger partial charge in [0.05, 0.1) is 35.5 Å². The number of hydrogen-bond acceptors (Lipinski definition) is 5. The lowest BCUT2D eigenvalue weighted by atomic mass is 10.0. The molecule has 4 rings (SSSR count). The van der Waals surface area contributed by atoms with Gasteiger partial charge in [0.1, 0.15) is 5.75 Å². The normalized spacial score (nSPS) is 11.3. The van der Waals surface area contributed by atoms with E-state index in [4.69, 9.17) is 4.74 Å². The zero-order chi connectivity index (χ0) is 24.3. The number of nitrogens with zero attached hydrogens (tertiary/aromatic N) is 2. The number of carbonyl (C=O) groups excluding carboxylic acids is 1. The molecule has 7 nitrogen and oxygen atoms in total. The van der Waals surface area contributed by atoms with Gasteiger partial charge in [-0.25, -0.2) is 8.42 Å². The van der Waals surface area contributed by atoms with Crippen molar-refractivity contribution in [3.8, 4) is 17.0 Å². The van der Waals surface area contributed by atoms with Crippen LogP contribution in [0, 0.1) is 6.92 Å². The second kappa shape index (κ2) is 9.52. The number of para-hydroxylation sites is 1. The van der Waals surface area contributed by atoms with E-state index in [-0.39, 0.29) is 10.8 Å². The van der Waals surface area contributed by atoms with Crippen LogP contribution in [0.3, 0.4) is 0 Å². The molecule has 0 fully saturated rings. The summed E-state index contributed by atoms with van der Waals surface area (Å²) in [6, 6.07) is 19.5. The average molecular weight is 476 g/mol. The molecule has 34 heavy (non-hydrogen) atoms. The van der Waals surface area contributed by atoms with Gasteiger partial charge in [0.15, 0.2) is 9.84 Å². The molecule has 1 amide bonds. The van der Waals surface area contributed by atoms with E-state index in [1.165, 1.54) is 12.1 Å². The number of carbonyl (C=O) groups is 1. The van der Waals surface area contributed by atoms with Crippen molar-refractivity contribution in [2.24, 2.45) is 0 Å². The molecule has 0 aliphatic carbocycles. The number of rotatable bonds is 7. The van der Waals surface area contributed by atoms with E-state index in [2.05, 4.69) is 10.3 Å². The van der Waals surface area contributed by atoms with Crippen molar-refractivity contribution < 1.29 is 17.9 Å². The Hall–Kier alpha value is -3.91. The maximum atomic E-state index is 13.2. The molecule has 0 saturated carbocycles. The molecule has 8 heteroatoms. The summed E-state index contributed by atoms with van der Waals surface area (Å²) < 4.78 is 31.0. The molecule has 2 aromatic carbocycles. The van der Waals surface area contributed by atoms with Gasteiger partial charge in [0, 0.05) is 29.9 Å². The minimum absolute atomic E-state index is 0.196.